The molecule has 0 saturated heterocycles. The summed E-state index contributed by atoms with van der Waals surface area (Å²) in [6, 6.07) is 76.3. The van der Waals surface area contributed by atoms with Crippen LogP contribution in [0.3, 0.4) is 0 Å². The van der Waals surface area contributed by atoms with Gasteiger partial charge in [0.2, 0.25) is 0 Å². The third-order valence-electron chi connectivity index (χ3n) is 11.1. The Morgan fingerprint density at radius 2 is 0.825 bits per heavy atom. The maximum absolute atomic E-state index is 6.48. The van der Waals surface area contributed by atoms with Crippen molar-refractivity contribution in [2.24, 2.45) is 0 Å². The Hall–Kier alpha value is -7.20. The van der Waals surface area contributed by atoms with E-state index in [1.165, 1.54) is 42.4 Å². The van der Waals surface area contributed by atoms with Crippen molar-refractivity contribution in [3.8, 4) is 44.5 Å². The number of hydrogen-bond acceptors (Lipinski definition) is 3. The van der Waals surface area contributed by atoms with Gasteiger partial charge < -0.3 is 9.32 Å². The molecule has 0 spiro atoms. The largest absolute Gasteiger partial charge is 0.455 e. The lowest BCUT2D eigenvalue weighted by Gasteiger charge is -2.26. The molecule has 0 aliphatic heterocycles. The maximum atomic E-state index is 6.48. The Balaban J connectivity index is 0.962. The standard InChI is InChI=1S/C54H35NOS/c1-3-10-36(11-4-1)37-18-20-38(21-19-37)39-22-27-43(28-23-39)55(45-31-32-48-47-14-7-8-17-52(47)57-53(48)35-45)44-29-24-40(25-30-44)42-26-33-51-50(34-42)49-16-9-15-46(54(49)56-51)41-12-5-2-6-13-41/h1-35H. The Bertz CT molecular complexity index is 3200. The number of anilines is 3. The van der Waals surface area contributed by atoms with Gasteiger partial charge in [0.1, 0.15) is 11.2 Å². The molecule has 0 aliphatic rings. The molecule has 2 nitrogen and oxygen atoms in total. The number of rotatable bonds is 7. The number of furan rings is 1. The van der Waals surface area contributed by atoms with Gasteiger partial charge in [-0.1, -0.05) is 158 Å². The second-order valence-corrected chi connectivity index (χ2v) is 15.6. The molecule has 0 N–H and O–H groups in total. The molecule has 3 heteroatoms. The summed E-state index contributed by atoms with van der Waals surface area (Å²) >= 11 is 1.85. The van der Waals surface area contributed by atoms with E-state index in [0.717, 1.165) is 61.3 Å². The smallest absolute Gasteiger partial charge is 0.143 e. The fraction of sp³-hybridized carbons (Fsp3) is 0. The first-order valence-electron chi connectivity index (χ1n) is 19.3. The number of thiophene rings is 1. The molecule has 0 saturated carbocycles. The van der Waals surface area contributed by atoms with Crippen molar-refractivity contribution in [3.63, 3.8) is 0 Å². The SMILES string of the molecule is c1ccc(-c2ccc(-c3ccc(N(c4ccc(-c5ccc6oc7c(-c8ccccc8)cccc7c6c5)cc4)c4ccc5c(c4)sc4ccccc45)cc3)cc2)cc1. The van der Waals surface area contributed by atoms with E-state index in [9.17, 15) is 0 Å². The van der Waals surface area contributed by atoms with Crippen molar-refractivity contribution in [2.45, 2.75) is 0 Å². The number of benzene rings is 9. The summed E-state index contributed by atoms with van der Waals surface area (Å²) in [5.41, 5.74) is 14.6. The van der Waals surface area contributed by atoms with Crippen LogP contribution in [0.25, 0.3) is 86.6 Å². The molecule has 57 heavy (non-hydrogen) atoms. The normalized spacial score (nSPS) is 11.5. The van der Waals surface area contributed by atoms with Gasteiger partial charge in [-0.05, 0) is 93.5 Å². The van der Waals surface area contributed by atoms with E-state index in [1.807, 2.05) is 17.4 Å². The van der Waals surface area contributed by atoms with Gasteiger partial charge in [0, 0.05) is 53.6 Å². The van der Waals surface area contributed by atoms with Crippen LogP contribution in [0.2, 0.25) is 0 Å². The lowest BCUT2D eigenvalue weighted by molar-refractivity contribution is 0.670. The van der Waals surface area contributed by atoms with Crippen LogP contribution >= 0.6 is 11.3 Å². The molecular formula is C54H35NOS. The van der Waals surface area contributed by atoms with E-state index in [-0.39, 0.29) is 0 Å². The van der Waals surface area contributed by atoms with Crippen LogP contribution in [0.1, 0.15) is 0 Å². The average Bonchev–Trinajstić information content (AvgIpc) is 3.85. The summed E-state index contributed by atoms with van der Waals surface area (Å²) in [6.45, 7) is 0. The number of fused-ring (bicyclic) bond motifs is 6. The maximum Gasteiger partial charge on any atom is 0.143 e. The molecule has 0 bridgehead atoms. The molecule has 2 aromatic heterocycles. The van der Waals surface area contributed by atoms with Crippen LogP contribution in [0.15, 0.2) is 217 Å². The first kappa shape index (κ1) is 33.2. The van der Waals surface area contributed by atoms with Crippen LogP contribution in [-0.4, -0.2) is 0 Å². The van der Waals surface area contributed by atoms with E-state index in [1.54, 1.807) is 0 Å². The van der Waals surface area contributed by atoms with E-state index < -0.39 is 0 Å². The Morgan fingerprint density at radius 3 is 1.51 bits per heavy atom. The summed E-state index contributed by atoms with van der Waals surface area (Å²) in [7, 11) is 0. The van der Waals surface area contributed by atoms with Gasteiger partial charge in [0.15, 0.2) is 0 Å². The summed E-state index contributed by atoms with van der Waals surface area (Å²) in [5.74, 6) is 0. The fourth-order valence-electron chi connectivity index (χ4n) is 8.22. The lowest BCUT2D eigenvalue weighted by Crippen LogP contribution is -2.09. The van der Waals surface area contributed by atoms with Crippen molar-refractivity contribution >= 4 is 70.5 Å². The molecule has 0 aliphatic carbocycles. The summed E-state index contributed by atoms with van der Waals surface area (Å²) in [5, 5.41) is 4.85. The quantitative estimate of drug-likeness (QED) is 0.162. The van der Waals surface area contributed by atoms with Gasteiger partial charge >= 0.3 is 0 Å². The second-order valence-electron chi connectivity index (χ2n) is 14.5. The van der Waals surface area contributed by atoms with Crippen molar-refractivity contribution in [2.75, 3.05) is 4.90 Å². The molecule has 11 aromatic rings. The van der Waals surface area contributed by atoms with Crippen LogP contribution in [-0.2, 0) is 0 Å². The first-order valence-corrected chi connectivity index (χ1v) is 20.1. The number of hydrogen-bond donors (Lipinski definition) is 0. The summed E-state index contributed by atoms with van der Waals surface area (Å²) < 4.78 is 9.07. The van der Waals surface area contributed by atoms with Gasteiger partial charge in [0.25, 0.3) is 0 Å². The minimum absolute atomic E-state index is 0.896. The molecule has 0 fully saturated rings. The second kappa shape index (κ2) is 13.8. The fourth-order valence-corrected chi connectivity index (χ4v) is 9.35. The highest BCUT2D eigenvalue weighted by Crippen LogP contribution is 2.42. The Morgan fingerprint density at radius 1 is 0.316 bits per heavy atom. The summed E-state index contributed by atoms with van der Waals surface area (Å²) in [6.07, 6.45) is 0. The Labute approximate surface area is 335 Å². The van der Waals surface area contributed by atoms with Gasteiger partial charge in [-0.2, -0.15) is 0 Å². The van der Waals surface area contributed by atoms with Crippen LogP contribution in [0, 0.1) is 0 Å². The van der Waals surface area contributed by atoms with Crippen LogP contribution in [0.4, 0.5) is 17.1 Å². The molecule has 2 heterocycles. The molecule has 268 valence electrons. The predicted molar refractivity (Wildman–Crippen MR) is 243 cm³/mol. The zero-order valence-electron chi connectivity index (χ0n) is 31.0. The van der Waals surface area contributed by atoms with Gasteiger partial charge in [-0.3, -0.25) is 0 Å². The highest BCUT2D eigenvalue weighted by molar-refractivity contribution is 7.25. The van der Waals surface area contributed by atoms with Crippen molar-refractivity contribution in [1.82, 2.24) is 0 Å². The van der Waals surface area contributed by atoms with Crippen LogP contribution in [0.5, 0.6) is 0 Å². The van der Waals surface area contributed by atoms with Gasteiger partial charge in [-0.25, -0.2) is 0 Å². The average molecular weight is 746 g/mol. The molecule has 11 rings (SSSR count). The van der Waals surface area contributed by atoms with E-state index in [0.29, 0.717) is 0 Å². The van der Waals surface area contributed by atoms with Crippen molar-refractivity contribution in [1.29, 1.82) is 0 Å². The third kappa shape index (κ3) is 5.97. The lowest BCUT2D eigenvalue weighted by atomic mass is 9.99. The molecule has 0 atom stereocenters. The topological polar surface area (TPSA) is 16.4 Å². The number of para-hydroxylation sites is 1. The van der Waals surface area contributed by atoms with E-state index in [2.05, 4.69) is 211 Å². The highest BCUT2D eigenvalue weighted by atomic mass is 32.1. The predicted octanol–water partition coefficient (Wildman–Crippen LogP) is 16.1. The van der Waals surface area contributed by atoms with Crippen molar-refractivity contribution in [3.05, 3.63) is 212 Å². The monoisotopic (exact) mass is 745 g/mol. The zero-order chi connectivity index (χ0) is 37.7. The van der Waals surface area contributed by atoms with Crippen LogP contribution < -0.4 is 4.90 Å². The number of nitrogens with zero attached hydrogens (tertiary/aromatic N) is 1. The molecular weight excluding hydrogens is 711 g/mol. The minimum Gasteiger partial charge on any atom is -0.455 e. The van der Waals surface area contributed by atoms with E-state index in [4.69, 9.17) is 4.42 Å². The first-order chi connectivity index (χ1) is 28.2. The minimum atomic E-state index is 0.896. The molecule has 0 radical (unpaired) electrons. The third-order valence-corrected chi connectivity index (χ3v) is 12.2. The zero-order valence-corrected chi connectivity index (χ0v) is 31.8. The van der Waals surface area contributed by atoms with Gasteiger partial charge in [-0.15, -0.1) is 11.3 Å². The molecule has 0 amide bonds. The Kier molecular flexibility index (Phi) is 8.04. The van der Waals surface area contributed by atoms with Crippen molar-refractivity contribution < 1.29 is 4.42 Å². The summed E-state index contributed by atoms with van der Waals surface area (Å²) in [4.78, 5) is 2.37. The van der Waals surface area contributed by atoms with E-state index >= 15 is 0 Å². The highest BCUT2D eigenvalue weighted by Gasteiger charge is 2.17. The van der Waals surface area contributed by atoms with Gasteiger partial charge in [0.05, 0.1) is 0 Å². The molecule has 0 unspecified atom stereocenters. The molecule has 9 aromatic carbocycles.